The summed E-state index contributed by atoms with van der Waals surface area (Å²) in [6, 6.07) is 14.4. The quantitative estimate of drug-likeness (QED) is 0.643. The van der Waals surface area contributed by atoms with Crippen LogP contribution in [0.4, 0.5) is 0 Å². The number of carbonyl (C=O) groups is 2. The van der Waals surface area contributed by atoms with E-state index in [0.29, 0.717) is 17.0 Å². The van der Waals surface area contributed by atoms with E-state index in [-0.39, 0.29) is 11.8 Å². The predicted molar refractivity (Wildman–Crippen MR) is 80.7 cm³/mol. The van der Waals surface area contributed by atoms with Crippen LogP contribution in [0.1, 0.15) is 20.7 Å². The number of carbonyl (C=O) groups excluding carboxylic acids is 2. The largest absolute Gasteiger partial charge is 0.497 e. The van der Waals surface area contributed by atoms with Crippen LogP contribution in [0, 0.1) is 0 Å². The summed E-state index contributed by atoms with van der Waals surface area (Å²) >= 11 is 1.44. The third kappa shape index (κ3) is 2.52. The Morgan fingerprint density at radius 3 is 2.05 bits per heavy atom. The van der Waals surface area contributed by atoms with Crippen LogP contribution in [0.2, 0.25) is 0 Å². The molecule has 21 heavy (non-hydrogen) atoms. The number of fused-ring (bicyclic) bond motifs is 1. The third-order valence-corrected chi connectivity index (χ3v) is 4.29. The van der Waals surface area contributed by atoms with Gasteiger partial charge in [-0.2, -0.15) is 0 Å². The van der Waals surface area contributed by atoms with E-state index in [0.717, 1.165) is 10.6 Å². The molecule has 0 fully saturated rings. The topological polar surface area (TPSA) is 46.6 Å². The Balaban J connectivity index is 1.72. The number of thioether (sulfide) groups is 1. The first kappa shape index (κ1) is 13.7. The Labute approximate surface area is 126 Å². The zero-order valence-corrected chi connectivity index (χ0v) is 12.2. The SMILES string of the molecule is COc1ccc(SCN2C(=O)c3ccccc3C2=O)cc1. The van der Waals surface area contributed by atoms with Gasteiger partial charge in [-0.25, -0.2) is 0 Å². The molecule has 2 aromatic rings. The van der Waals surface area contributed by atoms with Gasteiger partial charge >= 0.3 is 0 Å². The first-order valence-electron chi connectivity index (χ1n) is 6.43. The average Bonchev–Trinajstić information content (AvgIpc) is 2.78. The van der Waals surface area contributed by atoms with Crippen molar-refractivity contribution in [3.8, 4) is 5.75 Å². The maximum atomic E-state index is 12.2. The lowest BCUT2D eigenvalue weighted by Crippen LogP contribution is -2.29. The van der Waals surface area contributed by atoms with Crippen LogP contribution < -0.4 is 4.74 Å². The fourth-order valence-electron chi connectivity index (χ4n) is 2.17. The summed E-state index contributed by atoms with van der Waals surface area (Å²) in [5.74, 6) is 0.631. The van der Waals surface area contributed by atoms with E-state index in [1.54, 1.807) is 31.4 Å². The molecule has 0 saturated carbocycles. The molecular formula is C16H13NO3S. The molecule has 0 unspecified atom stereocenters. The van der Waals surface area contributed by atoms with E-state index in [4.69, 9.17) is 4.74 Å². The number of methoxy groups -OCH3 is 1. The van der Waals surface area contributed by atoms with Gasteiger partial charge in [0.2, 0.25) is 0 Å². The second kappa shape index (κ2) is 5.61. The standard InChI is InChI=1S/C16H13NO3S/c1-20-11-6-8-12(9-7-11)21-10-17-15(18)13-4-2-3-5-14(13)16(17)19/h2-9H,10H2,1H3. The number of benzene rings is 2. The fraction of sp³-hybridized carbons (Fsp3) is 0.125. The lowest BCUT2D eigenvalue weighted by Gasteiger charge is -2.13. The van der Waals surface area contributed by atoms with Gasteiger partial charge in [-0.3, -0.25) is 14.5 Å². The number of hydrogen-bond donors (Lipinski definition) is 0. The van der Waals surface area contributed by atoms with Crippen molar-refractivity contribution >= 4 is 23.6 Å². The Kier molecular flexibility index (Phi) is 3.66. The molecule has 2 aromatic carbocycles. The molecule has 0 N–H and O–H groups in total. The maximum absolute atomic E-state index is 12.2. The van der Waals surface area contributed by atoms with Gasteiger partial charge in [0.1, 0.15) is 5.75 Å². The molecule has 0 aliphatic carbocycles. The van der Waals surface area contributed by atoms with E-state index in [2.05, 4.69) is 0 Å². The summed E-state index contributed by atoms with van der Waals surface area (Å²) in [6.45, 7) is 0. The minimum Gasteiger partial charge on any atom is -0.497 e. The third-order valence-electron chi connectivity index (χ3n) is 3.30. The van der Waals surface area contributed by atoms with E-state index in [9.17, 15) is 9.59 Å². The first-order valence-corrected chi connectivity index (χ1v) is 7.41. The van der Waals surface area contributed by atoms with Crippen LogP contribution in [0.3, 0.4) is 0 Å². The van der Waals surface area contributed by atoms with Crippen LogP contribution in [-0.4, -0.2) is 29.7 Å². The van der Waals surface area contributed by atoms with Gasteiger partial charge in [0.15, 0.2) is 0 Å². The Morgan fingerprint density at radius 1 is 0.952 bits per heavy atom. The number of amides is 2. The predicted octanol–water partition coefficient (Wildman–Crippen LogP) is 3.04. The summed E-state index contributed by atoms with van der Waals surface area (Å²) < 4.78 is 5.10. The Hall–Kier alpha value is -2.27. The smallest absolute Gasteiger partial charge is 0.262 e. The molecule has 0 bridgehead atoms. The summed E-state index contributed by atoms with van der Waals surface area (Å²) in [4.78, 5) is 26.7. The molecule has 1 aliphatic heterocycles. The van der Waals surface area contributed by atoms with Gasteiger partial charge < -0.3 is 4.74 Å². The summed E-state index contributed by atoms with van der Waals surface area (Å²) in [7, 11) is 1.61. The van der Waals surface area contributed by atoms with Crippen LogP contribution in [0.15, 0.2) is 53.4 Å². The molecule has 1 heterocycles. The van der Waals surface area contributed by atoms with E-state index < -0.39 is 0 Å². The molecule has 0 saturated heterocycles. The summed E-state index contributed by atoms with van der Waals surface area (Å²) in [5, 5.41) is 0. The Bertz CT molecular complexity index is 662. The zero-order valence-electron chi connectivity index (χ0n) is 11.4. The molecule has 0 atom stereocenters. The van der Waals surface area contributed by atoms with Crippen LogP contribution in [0.25, 0.3) is 0 Å². The highest BCUT2D eigenvalue weighted by Crippen LogP contribution is 2.27. The van der Waals surface area contributed by atoms with Crippen molar-refractivity contribution in [3.05, 3.63) is 59.7 Å². The van der Waals surface area contributed by atoms with Crippen LogP contribution in [-0.2, 0) is 0 Å². The van der Waals surface area contributed by atoms with Crippen molar-refractivity contribution in [2.45, 2.75) is 4.90 Å². The number of nitrogens with zero attached hydrogens (tertiary/aromatic N) is 1. The second-order valence-corrected chi connectivity index (χ2v) is 5.55. The van der Waals surface area contributed by atoms with Gasteiger partial charge in [-0.1, -0.05) is 12.1 Å². The van der Waals surface area contributed by atoms with E-state index in [1.165, 1.54) is 16.7 Å². The molecule has 0 aromatic heterocycles. The average molecular weight is 299 g/mol. The number of rotatable bonds is 4. The van der Waals surface area contributed by atoms with E-state index in [1.807, 2.05) is 24.3 Å². The fourth-order valence-corrected chi connectivity index (χ4v) is 3.01. The lowest BCUT2D eigenvalue weighted by molar-refractivity contribution is 0.0684. The van der Waals surface area contributed by atoms with Crippen molar-refractivity contribution in [3.63, 3.8) is 0 Å². The van der Waals surface area contributed by atoms with Gasteiger partial charge in [0.25, 0.3) is 11.8 Å². The molecule has 5 heteroatoms. The molecule has 3 rings (SSSR count). The van der Waals surface area contributed by atoms with Crippen molar-refractivity contribution in [1.82, 2.24) is 4.90 Å². The highest BCUT2D eigenvalue weighted by molar-refractivity contribution is 7.99. The van der Waals surface area contributed by atoms with Gasteiger partial charge in [0.05, 0.1) is 24.1 Å². The summed E-state index contributed by atoms with van der Waals surface area (Å²) in [5.41, 5.74) is 0.968. The van der Waals surface area contributed by atoms with Gasteiger partial charge in [-0.15, -0.1) is 11.8 Å². The number of imide groups is 1. The Morgan fingerprint density at radius 2 is 1.52 bits per heavy atom. The minimum atomic E-state index is -0.225. The molecule has 2 amide bonds. The first-order chi connectivity index (χ1) is 10.2. The molecular weight excluding hydrogens is 286 g/mol. The van der Waals surface area contributed by atoms with Crippen molar-refractivity contribution in [1.29, 1.82) is 0 Å². The maximum Gasteiger partial charge on any atom is 0.262 e. The van der Waals surface area contributed by atoms with Crippen molar-refractivity contribution < 1.29 is 14.3 Å². The molecule has 106 valence electrons. The highest BCUT2D eigenvalue weighted by atomic mass is 32.2. The monoisotopic (exact) mass is 299 g/mol. The zero-order chi connectivity index (χ0) is 14.8. The molecule has 0 spiro atoms. The minimum absolute atomic E-state index is 0.225. The number of hydrogen-bond acceptors (Lipinski definition) is 4. The normalized spacial score (nSPS) is 13.5. The van der Waals surface area contributed by atoms with Gasteiger partial charge in [0, 0.05) is 4.90 Å². The van der Waals surface area contributed by atoms with Crippen molar-refractivity contribution in [2.24, 2.45) is 0 Å². The van der Waals surface area contributed by atoms with Crippen LogP contribution in [0.5, 0.6) is 5.75 Å². The van der Waals surface area contributed by atoms with Crippen LogP contribution >= 0.6 is 11.8 Å². The molecule has 0 radical (unpaired) electrons. The molecule has 4 nitrogen and oxygen atoms in total. The lowest BCUT2D eigenvalue weighted by atomic mass is 10.1. The summed E-state index contributed by atoms with van der Waals surface area (Å²) in [6.07, 6.45) is 0. The van der Waals surface area contributed by atoms with Gasteiger partial charge in [-0.05, 0) is 36.4 Å². The second-order valence-electron chi connectivity index (χ2n) is 4.53. The van der Waals surface area contributed by atoms with E-state index >= 15 is 0 Å². The highest BCUT2D eigenvalue weighted by Gasteiger charge is 2.34. The number of ether oxygens (including phenoxy) is 1. The molecule has 1 aliphatic rings. The van der Waals surface area contributed by atoms with Crippen molar-refractivity contribution in [2.75, 3.05) is 13.0 Å².